The number of aryl methyl sites for hydroxylation is 1. The van der Waals surface area contributed by atoms with Gasteiger partial charge in [-0.05, 0) is 6.42 Å². The molecule has 23 heavy (non-hydrogen) atoms. The van der Waals surface area contributed by atoms with Gasteiger partial charge < -0.3 is 10.4 Å². The third-order valence-electron chi connectivity index (χ3n) is 3.20. The van der Waals surface area contributed by atoms with E-state index in [1.807, 2.05) is 36.4 Å². The largest absolute Gasteiger partial charge is 0.481 e. The van der Waals surface area contributed by atoms with Crippen molar-refractivity contribution in [3.8, 4) is 11.3 Å². The maximum absolute atomic E-state index is 11.3. The zero-order valence-electron chi connectivity index (χ0n) is 12.1. The second-order valence-electron chi connectivity index (χ2n) is 4.93. The standard InChI is InChI=1S/C16H14N2O3S2/c19-12-9-22-13(17-12)8-14-18-16(10-4-2-1-3-5-10)11(23-14)6-7-15(20)21/h1-5,8H,6-7,9H2,(H,17,19)(H,20,21)/b13-8+. The van der Waals surface area contributed by atoms with Gasteiger partial charge in [0.25, 0.3) is 0 Å². The van der Waals surface area contributed by atoms with Crippen LogP contribution in [0.1, 0.15) is 16.3 Å². The van der Waals surface area contributed by atoms with Crippen LogP contribution in [0.3, 0.4) is 0 Å². The summed E-state index contributed by atoms with van der Waals surface area (Å²) in [4.78, 5) is 27.7. The van der Waals surface area contributed by atoms with Gasteiger partial charge in [-0.15, -0.1) is 11.3 Å². The first-order valence-corrected chi connectivity index (χ1v) is 8.83. The minimum atomic E-state index is -0.823. The molecular weight excluding hydrogens is 332 g/mol. The molecule has 0 unspecified atom stereocenters. The third kappa shape index (κ3) is 4.00. The highest BCUT2D eigenvalue weighted by atomic mass is 32.2. The van der Waals surface area contributed by atoms with Gasteiger partial charge in [0.2, 0.25) is 5.91 Å². The van der Waals surface area contributed by atoms with Crippen molar-refractivity contribution in [3.05, 3.63) is 45.2 Å². The first-order chi connectivity index (χ1) is 11.1. The Bertz CT molecular complexity index is 769. The second-order valence-corrected chi connectivity index (χ2v) is 7.06. The van der Waals surface area contributed by atoms with Crippen molar-refractivity contribution in [1.82, 2.24) is 10.3 Å². The predicted octanol–water partition coefficient (Wildman–Crippen LogP) is 2.99. The average molecular weight is 346 g/mol. The van der Waals surface area contributed by atoms with E-state index in [-0.39, 0.29) is 12.3 Å². The third-order valence-corrected chi connectivity index (χ3v) is 5.20. The van der Waals surface area contributed by atoms with Crippen molar-refractivity contribution in [2.45, 2.75) is 12.8 Å². The zero-order chi connectivity index (χ0) is 16.2. The van der Waals surface area contributed by atoms with Crippen LogP contribution in [0.25, 0.3) is 17.3 Å². The van der Waals surface area contributed by atoms with Gasteiger partial charge in [-0.2, -0.15) is 0 Å². The number of thiazole rings is 1. The zero-order valence-corrected chi connectivity index (χ0v) is 13.7. The number of benzene rings is 1. The summed E-state index contributed by atoms with van der Waals surface area (Å²) in [6, 6.07) is 9.72. The van der Waals surface area contributed by atoms with Crippen LogP contribution in [0.2, 0.25) is 0 Å². The molecule has 1 amide bonds. The average Bonchev–Trinajstić information content (AvgIpc) is 3.13. The van der Waals surface area contributed by atoms with Crippen LogP contribution in [-0.4, -0.2) is 27.7 Å². The Morgan fingerprint density at radius 2 is 2.13 bits per heavy atom. The van der Waals surface area contributed by atoms with Gasteiger partial charge in [0.15, 0.2) is 0 Å². The lowest BCUT2D eigenvalue weighted by molar-refractivity contribution is -0.136. The summed E-state index contributed by atoms with van der Waals surface area (Å²) in [5, 5.41) is 13.3. The molecule has 0 atom stereocenters. The smallest absolute Gasteiger partial charge is 0.303 e. The predicted molar refractivity (Wildman–Crippen MR) is 92.1 cm³/mol. The van der Waals surface area contributed by atoms with E-state index in [1.54, 1.807) is 0 Å². The van der Waals surface area contributed by atoms with Crippen LogP contribution in [0.15, 0.2) is 35.4 Å². The normalized spacial score (nSPS) is 15.8. The van der Waals surface area contributed by atoms with Crippen molar-refractivity contribution in [1.29, 1.82) is 0 Å². The van der Waals surface area contributed by atoms with Crippen LogP contribution in [0, 0.1) is 0 Å². The maximum atomic E-state index is 11.3. The van der Waals surface area contributed by atoms with E-state index in [9.17, 15) is 9.59 Å². The van der Waals surface area contributed by atoms with Crippen molar-refractivity contribution >= 4 is 41.1 Å². The van der Waals surface area contributed by atoms with Gasteiger partial charge in [-0.3, -0.25) is 9.59 Å². The van der Waals surface area contributed by atoms with Gasteiger partial charge >= 0.3 is 5.97 Å². The van der Waals surface area contributed by atoms with Crippen LogP contribution in [-0.2, 0) is 16.0 Å². The SMILES string of the molecule is O=C(O)CCc1sc(/C=C2\NC(=O)CS2)nc1-c1ccccc1. The molecule has 0 bridgehead atoms. The number of aliphatic carboxylic acids is 1. The lowest BCUT2D eigenvalue weighted by Crippen LogP contribution is -2.13. The number of hydrogen-bond donors (Lipinski definition) is 2. The fourth-order valence-corrected chi connectivity index (χ4v) is 4.03. The summed E-state index contributed by atoms with van der Waals surface area (Å²) < 4.78 is 0. The summed E-state index contributed by atoms with van der Waals surface area (Å²) in [7, 11) is 0. The molecule has 118 valence electrons. The minimum absolute atomic E-state index is 0.00723. The molecule has 7 heteroatoms. The van der Waals surface area contributed by atoms with E-state index in [0.717, 1.165) is 26.2 Å². The Labute approximate surface area is 141 Å². The van der Waals surface area contributed by atoms with Crippen molar-refractivity contribution < 1.29 is 14.7 Å². The number of amides is 1. The van der Waals surface area contributed by atoms with Gasteiger partial charge in [0, 0.05) is 16.5 Å². The Kier molecular flexibility index (Phi) is 4.78. The number of hydrogen-bond acceptors (Lipinski definition) is 5. The van der Waals surface area contributed by atoms with Gasteiger partial charge in [0.1, 0.15) is 5.01 Å². The highest BCUT2D eigenvalue weighted by molar-refractivity contribution is 8.04. The summed E-state index contributed by atoms with van der Waals surface area (Å²) in [5.74, 6) is -0.405. The first kappa shape index (κ1) is 15.8. The summed E-state index contributed by atoms with van der Waals surface area (Å²) >= 11 is 2.92. The molecule has 0 radical (unpaired) electrons. The van der Waals surface area contributed by atoms with Gasteiger partial charge in [-0.25, -0.2) is 4.98 Å². The number of carbonyl (C=O) groups is 2. The number of carboxylic acid groups (broad SMARTS) is 1. The number of nitrogens with zero attached hydrogens (tertiary/aromatic N) is 1. The molecule has 5 nitrogen and oxygen atoms in total. The molecule has 2 N–H and O–H groups in total. The first-order valence-electron chi connectivity index (χ1n) is 7.03. The Morgan fingerprint density at radius 1 is 1.35 bits per heavy atom. The highest BCUT2D eigenvalue weighted by Gasteiger charge is 2.17. The van der Waals surface area contributed by atoms with E-state index < -0.39 is 5.97 Å². The molecule has 1 aliphatic heterocycles. The number of carboxylic acids is 1. The van der Waals surface area contributed by atoms with E-state index in [4.69, 9.17) is 5.11 Å². The Morgan fingerprint density at radius 3 is 2.78 bits per heavy atom. The lowest BCUT2D eigenvalue weighted by Gasteiger charge is -2.00. The quantitative estimate of drug-likeness (QED) is 0.870. The molecule has 0 saturated carbocycles. The summed E-state index contributed by atoms with van der Waals surface area (Å²) in [5.41, 5.74) is 1.79. The Balaban J connectivity index is 1.93. The van der Waals surface area contributed by atoms with E-state index in [1.165, 1.54) is 23.1 Å². The van der Waals surface area contributed by atoms with E-state index >= 15 is 0 Å². The second kappa shape index (κ2) is 6.97. The fraction of sp³-hybridized carbons (Fsp3) is 0.188. The molecule has 1 aromatic carbocycles. The van der Waals surface area contributed by atoms with Gasteiger partial charge in [0.05, 0.1) is 22.9 Å². The molecule has 2 aromatic rings. The Hall–Kier alpha value is -2.12. The molecular formula is C16H14N2O3S2. The number of nitrogens with one attached hydrogen (secondary N) is 1. The number of thioether (sulfide) groups is 1. The number of carbonyl (C=O) groups excluding carboxylic acids is 1. The van der Waals surface area contributed by atoms with Crippen LogP contribution >= 0.6 is 23.1 Å². The van der Waals surface area contributed by atoms with E-state index in [0.29, 0.717) is 12.2 Å². The van der Waals surface area contributed by atoms with Gasteiger partial charge in [-0.1, -0.05) is 42.1 Å². The molecule has 3 rings (SSSR count). The monoisotopic (exact) mass is 346 g/mol. The lowest BCUT2D eigenvalue weighted by atomic mass is 10.1. The topological polar surface area (TPSA) is 79.3 Å². The molecule has 1 aromatic heterocycles. The van der Waals surface area contributed by atoms with Crippen molar-refractivity contribution in [3.63, 3.8) is 0 Å². The van der Waals surface area contributed by atoms with Crippen LogP contribution in [0.4, 0.5) is 0 Å². The molecule has 1 saturated heterocycles. The molecule has 1 aliphatic rings. The molecule has 2 heterocycles. The maximum Gasteiger partial charge on any atom is 0.303 e. The minimum Gasteiger partial charge on any atom is -0.481 e. The number of rotatable bonds is 5. The number of aromatic nitrogens is 1. The fourth-order valence-electron chi connectivity index (χ4n) is 2.19. The van der Waals surface area contributed by atoms with Crippen molar-refractivity contribution in [2.75, 3.05) is 5.75 Å². The molecule has 0 spiro atoms. The molecule has 1 fully saturated rings. The summed E-state index contributed by atoms with van der Waals surface area (Å²) in [6.45, 7) is 0. The highest BCUT2D eigenvalue weighted by Crippen LogP contribution is 2.32. The summed E-state index contributed by atoms with van der Waals surface area (Å²) in [6.07, 6.45) is 2.36. The van der Waals surface area contributed by atoms with E-state index in [2.05, 4.69) is 10.3 Å². The van der Waals surface area contributed by atoms with Crippen LogP contribution < -0.4 is 5.32 Å². The van der Waals surface area contributed by atoms with Crippen molar-refractivity contribution in [2.24, 2.45) is 0 Å². The van der Waals surface area contributed by atoms with Crippen LogP contribution in [0.5, 0.6) is 0 Å². The molecule has 0 aliphatic carbocycles.